The van der Waals surface area contributed by atoms with E-state index in [2.05, 4.69) is 0 Å². The molecular formula is C15H15ClN2O3S. The molecular weight excluding hydrogens is 324 g/mol. The Morgan fingerprint density at radius 3 is 2.82 bits per heavy atom. The summed E-state index contributed by atoms with van der Waals surface area (Å²) in [4.78, 5) is 25.4. The van der Waals surface area contributed by atoms with E-state index in [4.69, 9.17) is 22.1 Å². The summed E-state index contributed by atoms with van der Waals surface area (Å²) in [5, 5.41) is 4.17. The summed E-state index contributed by atoms with van der Waals surface area (Å²) in [5.41, 5.74) is 7.05. The van der Waals surface area contributed by atoms with Crippen LogP contribution >= 0.6 is 22.9 Å². The van der Waals surface area contributed by atoms with Crippen LogP contribution in [0.4, 0.5) is 5.69 Å². The van der Waals surface area contributed by atoms with Crippen LogP contribution in [-0.4, -0.2) is 30.4 Å². The molecule has 2 N–H and O–H groups in total. The van der Waals surface area contributed by atoms with Gasteiger partial charge in [0.05, 0.1) is 16.3 Å². The fourth-order valence-corrected chi connectivity index (χ4v) is 2.61. The van der Waals surface area contributed by atoms with Crippen molar-refractivity contribution in [3.63, 3.8) is 0 Å². The van der Waals surface area contributed by atoms with Gasteiger partial charge >= 0.3 is 5.97 Å². The number of carbonyl (C=O) groups excluding carboxylic acids is 2. The first-order valence-electron chi connectivity index (χ1n) is 6.45. The maximum Gasteiger partial charge on any atom is 0.340 e. The van der Waals surface area contributed by atoms with E-state index in [0.29, 0.717) is 6.54 Å². The van der Waals surface area contributed by atoms with Gasteiger partial charge in [-0.2, -0.15) is 11.3 Å². The van der Waals surface area contributed by atoms with Crippen molar-refractivity contribution in [1.82, 2.24) is 4.90 Å². The second-order valence-corrected chi connectivity index (χ2v) is 5.85. The summed E-state index contributed by atoms with van der Waals surface area (Å²) in [5.74, 6) is -0.961. The Balaban J connectivity index is 1.90. The SMILES string of the molecule is CN(Cc1ccsc1)C(=O)COC(=O)c1cccc(Cl)c1N. The number of likely N-dealkylation sites (N-methyl/N-ethyl adjacent to an activating group) is 1. The Hall–Kier alpha value is -2.05. The topological polar surface area (TPSA) is 72.6 Å². The van der Waals surface area contributed by atoms with Gasteiger partial charge in [0.2, 0.25) is 0 Å². The molecule has 5 nitrogen and oxygen atoms in total. The largest absolute Gasteiger partial charge is 0.452 e. The number of nitrogen functional groups attached to an aromatic ring is 1. The monoisotopic (exact) mass is 338 g/mol. The Labute approximate surface area is 137 Å². The number of esters is 1. The Morgan fingerprint density at radius 1 is 1.36 bits per heavy atom. The van der Waals surface area contributed by atoms with E-state index in [1.165, 1.54) is 11.0 Å². The molecule has 0 unspecified atom stereocenters. The third-order valence-corrected chi connectivity index (χ3v) is 4.09. The molecule has 0 radical (unpaired) electrons. The molecule has 0 saturated carbocycles. The van der Waals surface area contributed by atoms with Crippen LogP contribution in [0.1, 0.15) is 15.9 Å². The molecule has 22 heavy (non-hydrogen) atoms. The number of amides is 1. The number of benzene rings is 1. The molecule has 0 saturated heterocycles. The van der Waals surface area contributed by atoms with E-state index in [0.717, 1.165) is 5.56 Å². The normalized spacial score (nSPS) is 10.3. The smallest absolute Gasteiger partial charge is 0.340 e. The van der Waals surface area contributed by atoms with E-state index in [1.807, 2.05) is 16.8 Å². The first kappa shape index (κ1) is 16.3. The lowest BCUT2D eigenvalue weighted by Gasteiger charge is -2.16. The van der Waals surface area contributed by atoms with E-state index >= 15 is 0 Å². The molecule has 0 atom stereocenters. The van der Waals surface area contributed by atoms with Crippen molar-refractivity contribution in [1.29, 1.82) is 0 Å². The van der Waals surface area contributed by atoms with Crippen LogP contribution in [0, 0.1) is 0 Å². The maximum atomic E-state index is 12.0. The molecule has 2 aromatic rings. The first-order valence-corrected chi connectivity index (χ1v) is 7.77. The van der Waals surface area contributed by atoms with E-state index < -0.39 is 5.97 Å². The quantitative estimate of drug-likeness (QED) is 0.672. The minimum absolute atomic E-state index is 0.147. The summed E-state index contributed by atoms with van der Waals surface area (Å²) < 4.78 is 5.00. The van der Waals surface area contributed by atoms with E-state index in [1.54, 1.807) is 30.5 Å². The summed E-state index contributed by atoms with van der Waals surface area (Å²) in [6.45, 7) is 0.130. The van der Waals surface area contributed by atoms with Crippen molar-refractivity contribution in [2.75, 3.05) is 19.4 Å². The highest BCUT2D eigenvalue weighted by atomic mass is 35.5. The van der Waals surface area contributed by atoms with Gasteiger partial charge in [-0.15, -0.1) is 0 Å². The van der Waals surface area contributed by atoms with Crippen LogP contribution in [0.15, 0.2) is 35.0 Å². The molecule has 0 aliphatic rings. The third-order valence-electron chi connectivity index (χ3n) is 3.03. The van der Waals surface area contributed by atoms with E-state index in [-0.39, 0.29) is 28.8 Å². The second kappa shape index (κ2) is 7.29. The number of nitrogens with zero attached hydrogens (tertiary/aromatic N) is 1. The summed E-state index contributed by atoms with van der Waals surface area (Å²) >= 11 is 7.41. The highest BCUT2D eigenvalue weighted by molar-refractivity contribution is 7.07. The third kappa shape index (κ3) is 3.99. The van der Waals surface area contributed by atoms with Gasteiger partial charge in [0.25, 0.3) is 5.91 Å². The lowest BCUT2D eigenvalue weighted by molar-refractivity contribution is -0.133. The zero-order valence-electron chi connectivity index (χ0n) is 11.9. The van der Waals surface area contributed by atoms with Crippen molar-refractivity contribution < 1.29 is 14.3 Å². The number of para-hydroxylation sites is 1. The van der Waals surface area contributed by atoms with Crippen molar-refractivity contribution in [2.24, 2.45) is 0 Å². The lowest BCUT2D eigenvalue weighted by Crippen LogP contribution is -2.30. The Kier molecular flexibility index (Phi) is 5.41. The van der Waals surface area contributed by atoms with Gasteiger partial charge in [-0.1, -0.05) is 17.7 Å². The maximum absolute atomic E-state index is 12.0. The number of carbonyl (C=O) groups is 2. The standard InChI is InChI=1S/C15H15ClN2O3S/c1-18(7-10-5-6-22-9-10)13(19)8-21-15(20)11-3-2-4-12(16)14(11)17/h2-6,9H,7-8,17H2,1H3. The molecule has 116 valence electrons. The summed E-state index contributed by atoms with van der Waals surface area (Å²) in [6, 6.07) is 6.61. The van der Waals surface area contributed by atoms with Gasteiger partial charge in [-0.3, -0.25) is 4.79 Å². The van der Waals surface area contributed by atoms with Crippen LogP contribution in [0.5, 0.6) is 0 Å². The molecule has 1 aromatic carbocycles. The van der Waals surface area contributed by atoms with Crippen molar-refractivity contribution in [3.05, 3.63) is 51.2 Å². The molecule has 0 fully saturated rings. The number of ether oxygens (including phenoxy) is 1. The minimum atomic E-state index is -0.669. The molecule has 0 aliphatic heterocycles. The van der Waals surface area contributed by atoms with Crippen LogP contribution in [-0.2, 0) is 16.1 Å². The van der Waals surface area contributed by atoms with Crippen LogP contribution in [0.3, 0.4) is 0 Å². The molecule has 1 aromatic heterocycles. The highest BCUT2D eigenvalue weighted by Gasteiger charge is 2.16. The molecule has 0 aliphatic carbocycles. The predicted molar refractivity (Wildman–Crippen MR) is 86.9 cm³/mol. The summed E-state index contributed by atoms with van der Waals surface area (Å²) in [6.07, 6.45) is 0. The number of thiophene rings is 1. The predicted octanol–water partition coefficient (Wildman–Crippen LogP) is 2.80. The molecule has 1 amide bonds. The van der Waals surface area contributed by atoms with Crippen molar-refractivity contribution in [3.8, 4) is 0 Å². The number of hydrogen-bond acceptors (Lipinski definition) is 5. The van der Waals surface area contributed by atoms with Gasteiger partial charge in [-0.05, 0) is 34.5 Å². The Morgan fingerprint density at radius 2 is 2.14 bits per heavy atom. The number of hydrogen-bond donors (Lipinski definition) is 1. The van der Waals surface area contributed by atoms with Crippen LogP contribution < -0.4 is 5.73 Å². The molecule has 1 heterocycles. The van der Waals surface area contributed by atoms with Gasteiger partial charge in [0.15, 0.2) is 6.61 Å². The lowest BCUT2D eigenvalue weighted by atomic mass is 10.2. The zero-order valence-corrected chi connectivity index (χ0v) is 13.5. The average molecular weight is 339 g/mol. The molecule has 0 spiro atoms. The number of rotatable bonds is 5. The van der Waals surface area contributed by atoms with Gasteiger partial charge < -0.3 is 15.4 Å². The second-order valence-electron chi connectivity index (χ2n) is 4.66. The molecule has 2 rings (SSSR count). The summed E-state index contributed by atoms with van der Waals surface area (Å²) in [7, 11) is 1.65. The Bertz CT molecular complexity index is 673. The van der Waals surface area contributed by atoms with Crippen molar-refractivity contribution in [2.45, 2.75) is 6.54 Å². The van der Waals surface area contributed by atoms with Crippen LogP contribution in [0.2, 0.25) is 5.02 Å². The van der Waals surface area contributed by atoms with Crippen molar-refractivity contribution >= 4 is 40.5 Å². The zero-order chi connectivity index (χ0) is 16.1. The minimum Gasteiger partial charge on any atom is -0.452 e. The van der Waals surface area contributed by atoms with Crippen LogP contribution in [0.25, 0.3) is 0 Å². The first-order chi connectivity index (χ1) is 10.5. The molecule has 7 heteroatoms. The number of nitrogens with two attached hydrogens (primary N) is 1. The number of halogens is 1. The molecule has 0 bridgehead atoms. The van der Waals surface area contributed by atoms with Gasteiger partial charge in [0, 0.05) is 13.6 Å². The fourth-order valence-electron chi connectivity index (χ4n) is 1.77. The average Bonchev–Trinajstić information content (AvgIpc) is 3.00. The van der Waals surface area contributed by atoms with Gasteiger partial charge in [0.1, 0.15) is 0 Å². The fraction of sp³-hybridized carbons (Fsp3) is 0.200. The highest BCUT2D eigenvalue weighted by Crippen LogP contribution is 2.22. The number of anilines is 1. The van der Waals surface area contributed by atoms with Gasteiger partial charge in [-0.25, -0.2) is 4.79 Å². The van der Waals surface area contributed by atoms with E-state index in [9.17, 15) is 9.59 Å².